The van der Waals surface area contributed by atoms with Gasteiger partial charge in [0.15, 0.2) is 5.95 Å². The van der Waals surface area contributed by atoms with Crippen molar-refractivity contribution >= 4 is 33.0 Å². The molecule has 0 saturated heterocycles. The molecule has 0 spiro atoms. The van der Waals surface area contributed by atoms with Crippen molar-refractivity contribution < 1.29 is 4.74 Å². The van der Waals surface area contributed by atoms with E-state index in [-0.39, 0.29) is 5.95 Å². The van der Waals surface area contributed by atoms with Gasteiger partial charge in [-0.05, 0) is 18.2 Å². The first-order valence-electron chi connectivity index (χ1n) is 6.50. The van der Waals surface area contributed by atoms with Crippen LogP contribution in [-0.4, -0.2) is 25.2 Å². The van der Waals surface area contributed by atoms with Gasteiger partial charge < -0.3 is 26.5 Å². The molecule has 2 rings (SSSR count). The molecule has 1 heterocycles. The minimum atomic E-state index is -1.61. The summed E-state index contributed by atoms with van der Waals surface area (Å²) in [6.07, 6.45) is 1.45. The SMILES string of the molecule is CC.[B]C([B])(Oc1ccc(N)cc1N)c1cnc(N)n1C. The van der Waals surface area contributed by atoms with E-state index in [9.17, 15) is 0 Å². The molecular weight excluding hydrogens is 264 g/mol. The molecule has 0 fully saturated rings. The average Bonchev–Trinajstić information content (AvgIpc) is 2.76. The van der Waals surface area contributed by atoms with Gasteiger partial charge in [-0.25, -0.2) is 4.98 Å². The fourth-order valence-electron chi connectivity index (χ4n) is 1.68. The van der Waals surface area contributed by atoms with Crippen LogP contribution in [0.4, 0.5) is 17.3 Å². The summed E-state index contributed by atoms with van der Waals surface area (Å²) in [5.41, 5.74) is 18.3. The Bertz CT molecular complexity index is 613. The highest BCUT2D eigenvalue weighted by atomic mass is 16.5. The summed E-state index contributed by atoms with van der Waals surface area (Å²) < 4.78 is 7.06. The van der Waals surface area contributed by atoms with Crippen LogP contribution in [-0.2, 0) is 12.4 Å². The Morgan fingerprint density at radius 2 is 1.81 bits per heavy atom. The molecule has 21 heavy (non-hydrogen) atoms. The lowest BCUT2D eigenvalue weighted by molar-refractivity contribution is 0.237. The number of anilines is 3. The van der Waals surface area contributed by atoms with Gasteiger partial charge >= 0.3 is 0 Å². The Kier molecular flexibility index (Phi) is 5.18. The summed E-state index contributed by atoms with van der Waals surface area (Å²) in [6, 6.07) is 4.79. The molecule has 108 valence electrons. The van der Waals surface area contributed by atoms with Crippen molar-refractivity contribution in [3.63, 3.8) is 0 Å². The van der Waals surface area contributed by atoms with Gasteiger partial charge in [0.2, 0.25) is 0 Å². The second-order valence-corrected chi connectivity index (χ2v) is 4.25. The van der Waals surface area contributed by atoms with E-state index in [1.54, 1.807) is 25.2 Å². The van der Waals surface area contributed by atoms with Crippen molar-refractivity contribution in [3.05, 3.63) is 30.1 Å². The van der Waals surface area contributed by atoms with Gasteiger partial charge in [-0.1, -0.05) is 13.8 Å². The number of imidazole rings is 1. The van der Waals surface area contributed by atoms with E-state index in [2.05, 4.69) is 4.98 Å². The standard InChI is InChI=1S/C11H13B2N5O.C2H6/c1-18-9(5-17-10(18)16)11(12,13)19-8-3-2-6(14)4-7(8)15;1-2/h2-5H,14-15H2,1H3,(H2,16,17);1-2H3. The second-order valence-electron chi connectivity index (χ2n) is 4.25. The number of hydrogen-bond acceptors (Lipinski definition) is 5. The molecule has 0 atom stereocenters. The Hall–Kier alpha value is -2.24. The molecule has 0 aliphatic heterocycles. The Morgan fingerprint density at radius 1 is 1.19 bits per heavy atom. The molecule has 8 heteroatoms. The van der Waals surface area contributed by atoms with E-state index >= 15 is 0 Å². The molecule has 1 aromatic heterocycles. The van der Waals surface area contributed by atoms with Gasteiger partial charge in [0.25, 0.3) is 0 Å². The van der Waals surface area contributed by atoms with Crippen molar-refractivity contribution in [2.75, 3.05) is 17.2 Å². The molecule has 0 amide bonds. The van der Waals surface area contributed by atoms with Crippen LogP contribution in [0.1, 0.15) is 19.5 Å². The van der Waals surface area contributed by atoms with E-state index in [1.165, 1.54) is 10.8 Å². The van der Waals surface area contributed by atoms with Crippen LogP contribution in [0.5, 0.6) is 5.75 Å². The number of nitrogen functional groups attached to an aromatic ring is 3. The third-order valence-corrected chi connectivity index (χ3v) is 2.74. The van der Waals surface area contributed by atoms with Crippen LogP contribution >= 0.6 is 0 Å². The summed E-state index contributed by atoms with van der Waals surface area (Å²) in [6.45, 7) is 4.00. The Labute approximate surface area is 127 Å². The topological polar surface area (TPSA) is 105 Å². The van der Waals surface area contributed by atoms with Gasteiger partial charge in [0.1, 0.15) is 21.4 Å². The van der Waals surface area contributed by atoms with Crippen LogP contribution in [0.25, 0.3) is 0 Å². The monoisotopic (exact) mass is 283 g/mol. The van der Waals surface area contributed by atoms with Gasteiger partial charge in [-0.2, -0.15) is 0 Å². The van der Waals surface area contributed by atoms with E-state index in [4.69, 9.17) is 37.6 Å². The third kappa shape index (κ3) is 3.65. The Balaban J connectivity index is 0.00000106. The molecule has 0 bridgehead atoms. The van der Waals surface area contributed by atoms with Crippen molar-refractivity contribution in [1.82, 2.24) is 9.55 Å². The van der Waals surface area contributed by atoms with Crippen LogP contribution < -0.4 is 21.9 Å². The summed E-state index contributed by atoms with van der Waals surface area (Å²) >= 11 is 0. The maximum Gasteiger partial charge on any atom is 0.200 e. The number of aromatic nitrogens is 2. The van der Waals surface area contributed by atoms with Crippen LogP contribution in [0.2, 0.25) is 0 Å². The first-order chi connectivity index (χ1) is 9.81. The number of nitrogens with zero attached hydrogens (tertiary/aromatic N) is 2. The largest absolute Gasteiger partial charge is 0.499 e. The lowest BCUT2D eigenvalue weighted by Gasteiger charge is -2.29. The summed E-state index contributed by atoms with van der Waals surface area (Å²) in [5, 5.41) is -1.61. The molecule has 0 aliphatic carbocycles. The van der Waals surface area contributed by atoms with Gasteiger partial charge in [0.05, 0.1) is 23.0 Å². The number of ether oxygens (including phenoxy) is 1. The predicted molar refractivity (Wildman–Crippen MR) is 88.0 cm³/mol. The minimum Gasteiger partial charge on any atom is -0.499 e. The zero-order valence-corrected chi connectivity index (χ0v) is 12.5. The lowest BCUT2D eigenvalue weighted by atomic mass is 9.63. The quantitative estimate of drug-likeness (QED) is 0.568. The fraction of sp³-hybridized carbons (Fsp3) is 0.308. The number of benzene rings is 1. The van der Waals surface area contributed by atoms with Gasteiger partial charge in [0, 0.05) is 12.7 Å². The summed E-state index contributed by atoms with van der Waals surface area (Å²) in [4.78, 5) is 3.91. The van der Waals surface area contributed by atoms with Crippen molar-refractivity contribution in [2.24, 2.45) is 7.05 Å². The Morgan fingerprint density at radius 3 is 2.29 bits per heavy atom. The van der Waals surface area contributed by atoms with Gasteiger partial charge in [-0.15, -0.1) is 0 Å². The summed E-state index contributed by atoms with van der Waals surface area (Å²) in [5.74, 6) is 0.614. The van der Waals surface area contributed by atoms with E-state index in [0.717, 1.165) is 0 Å². The maximum absolute atomic E-state index is 5.94. The average molecular weight is 283 g/mol. The maximum atomic E-state index is 5.94. The molecule has 4 radical (unpaired) electrons. The van der Waals surface area contributed by atoms with Crippen molar-refractivity contribution in [3.8, 4) is 5.75 Å². The molecule has 0 aliphatic rings. The first-order valence-corrected chi connectivity index (χ1v) is 6.50. The van der Waals surface area contributed by atoms with Crippen molar-refractivity contribution in [2.45, 2.75) is 19.2 Å². The van der Waals surface area contributed by atoms with Crippen LogP contribution in [0.3, 0.4) is 0 Å². The highest BCUT2D eigenvalue weighted by molar-refractivity contribution is 6.38. The normalized spacial score (nSPS) is 10.6. The molecule has 0 saturated carbocycles. The molecule has 2 aromatic rings. The smallest absolute Gasteiger partial charge is 0.200 e. The zero-order chi connectivity index (χ0) is 16.2. The van der Waals surface area contributed by atoms with Crippen molar-refractivity contribution in [1.29, 1.82) is 0 Å². The van der Waals surface area contributed by atoms with E-state index < -0.39 is 5.40 Å². The molecule has 1 aromatic carbocycles. The molecule has 6 nitrogen and oxygen atoms in total. The van der Waals surface area contributed by atoms with Gasteiger partial charge in [-0.3, -0.25) is 0 Å². The fourth-order valence-corrected chi connectivity index (χ4v) is 1.68. The summed E-state index contributed by atoms with van der Waals surface area (Å²) in [7, 11) is 13.6. The lowest BCUT2D eigenvalue weighted by Crippen LogP contribution is -2.36. The number of hydrogen-bond donors (Lipinski definition) is 3. The third-order valence-electron chi connectivity index (χ3n) is 2.74. The highest BCUT2D eigenvalue weighted by Gasteiger charge is 2.26. The predicted octanol–water partition coefficient (Wildman–Crippen LogP) is 0.719. The van der Waals surface area contributed by atoms with E-state index in [1.807, 2.05) is 13.8 Å². The van der Waals surface area contributed by atoms with Crippen LogP contribution in [0, 0.1) is 0 Å². The molecular formula is C13H19B2N5O. The zero-order valence-electron chi connectivity index (χ0n) is 12.5. The minimum absolute atomic E-state index is 0.282. The molecule has 6 N–H and O–H groups in total. The van der Waals surface area contributed by atoms with Crippen LogP contribution in [0.15, 0.2) is 24.4 Å². The molecule has 0 unspecified atom stereocenters. The second kappa shape index (κ2) is 6.47. The van der Waals surface area contributed by atoms with E-state index in [0.29, 0.717) is 22.8 Å². The number of nitrogens with two attached hydrogens (primary N) is 3. The first kappa shape index (κ1) is 16.8. The number of rotatable bonds is 3. The highest BCUT2D eigenvalue weighted by Crippen LogP contribution is 2.29.